The number of anilines is 2. The molecule has 1 fully saturated rings. The maximum atomic E-state index is 13.6. The minimum absolute atomic E-state index is 0.0123. The Labute approximate surface area is 181 Å². The van der Waals surface area contributed by atoms with Crippen LogP contribution in [0.4, 0.5) is 20.5 Å². The van der Waals surface area contributed by atoms with Gasteiger partial charge in [0.25, 0.3) is 0 Å². The van der Waals surface area contributed by atoms with Crippen molar-refractivity contribution in [1.29, 1.82) is 0 Å². The summed E-state index contributed by atoms with van der Waals surface area (Å²) < 4.78 is 28.2. The van der Waals surface area contributed by atoms with E-state index in [1.54, 1.807) is 4.52 Å². The van der Waals surface area contributed by atoms with Crippen LogP contribution in [0.15, 0.2) is 54.7 Å². The summed E-state index contributed by atoms with van der Waals surface area (Å²) in [6, 6.07) is 14.1. The van der Waals surface area contributed by atoms with E-state index in [1.807, 2.05) is 42.5 Å². The van der Waals surface area contributed by atoms with Gasteiger partial charge in [0.2, 0.25) is 5.95 Å². The summed E-state index contributed by atoms with van der Waals surface area (Å²) in [5.74, 6) is -1.82. The molecule has 1 aliphatic rings. The van der Waals surface area contributed by atoms with Gasteiger partial charge in [-0.05, 0) is 30.5 Å². The Morgan fingerprint density at radius 3 is 2.56 bits per heavy atom. The highest BCUT2D eigenvalue weighted by atomic mass is 19.1. The molecule has 8 nitrogen and oxygen atoms in total. The SMILES string of the molecule is Nc1nc2cccc(-c3ccc(CNc4ncc(F)cc4F)cc3)n2n1.O=C(O)C1CC1. The van der Waals surface area contributed by atoms with Gasteiger partial charge in [-0.15, -0.1) is 5.10 Å². The monoisotopic (exact) mass is 438 g/mol. The predicted molar refractivity (Wildman–Crippen MR) is 115 cm³/mol. The number of aliphatic carboxylic acids is 1. The van der Waals surface area contributed by atoms with Crippen molar-refractivity contribution in [3.05, 3.63) is 71.9 Å². The van der Waals surface area contributed by atoms with Crippen molar-refractivity contribution in [3.8, 4) is 11.3 Å². The van der Waals surface area contributed by atoms with Crippen molar-refractivity contribution < 1.29 is 18.7 Å². The van der Waals surface area contributed by atoms with E-state index in [0.717, 1.165) is 41.9 Å². The fraction of sp³-hybridized carbons (Fsp3) is 0.182. The first-order chi connectivity index (χ1) is 15.4. The summed E-state index contributed by atoms with van der Waals surface area (Å²) in [4.78, 5) is 17.6. The Hall–Kier alpha value is -4.08. The van der Waals surface area contributed by atoms with Gasteiger partial charge in [-0.3, -0.25) is 4.79 Å². The zero-order valence-corrected chi connectivity index (χ0v) is 16.9. The lowest BCUT2D eigenvalue weighted by Gasteiger charge is -2.08. The maximum absolute atomic E-state index is 13.6. The third kappa shape index (κ3) is 4.97. The molecule has 1 aliphatic carbocycles. The van der Waals surface area contributed by atoms with Gasteiger partial charge in [0.1, 0.15) is 5.82 Å². The van der Waals surface area contributed by atoms with Crippen LogP contribution in [0, 0.1) is 17.6 Å². The molecular weight excluding hydrogens is 418 g/mol. The number of halogens is 2. The van der Waals surface area contributed by atoms with Crippen molar-refractivity contribution in [2.45, 2.75) is 19.4 Å². The molecule has 0 radical (unpaired) electrons. The standard InChI is InChI=1S/C18H14F2N6.C4H6O2/c19-13-8-14(20)17(23-10-13)22-9-11-4-6-12(7-5-11)15-2-1-3-16-24-18(21)25-26(15)16;5-4(6)3-1-2-3/h1-8,10H,9H2,(H2,21,25)(H,22,23);3H,1-2H2,(H,5,6). The van der Waals surface area contributed by atoms with Crippen molar-refractivity contribution in [3.63, 3.8) is 0 Å². The second-order valence-corrected chi connectivity index (χ2v) is 7.30. The average Bonchev–Trinajstić information content (AvgIpc) is 3.55. The zero-order valence-electron chi connectivity index (χ0n) is 16.9. The highest BCUT2D eigenvalue weighted by molar-refractivity contribution is 5.72. The fourth-order valence-corrected chi connectivity index (χ4v) is 2.99. The van der Waals surface area contributed by atoms with E-state index in [1.165, 1.54) is 0 Å². The molecule has 0 saturated heterocycles. The topological polar surface area (TPSA) is 118 Å². The third-order valence-corrected chi connectivity index (χ3v) is 4.82. The maximum Gasteiger partial charge on any atom is 0.306 e. The Balaban J connectivity index is 0.000000354. The molecule has 4 aromatic rings. The van der Waals surface area contributed by atoms with Crippen LogP contribution in [0.1, 0.15) is 18.4 Å². The van der Waals surface area contributed by atoms with Crippen LogP contribution in [0.5, 0.6) is 0 Å². The minimum atomic E-state index is -0.725. The fourth-order valence-electron chi connectivity index (χ4n) is 2.99. The van der Waals surface area contributed by atoms with Gasteiger partial charge in [0, 0.05) is 18.2 Å². The molecule has 0 atom stereocenters. The first-order valence-corrected chi connectivity index (χ1v) is 9.89. The van der Waals surface area contributed by atoms with E-state index >= 15 is 0 Å². The van der Waals surface area contributed by atoms with Crippen LogP contribution in [0.3, 0.4) is 0 Å². The summed E-state index contributed by atoms with van der Waals surface area (Å²) in [7, 11) is 0. The van der Waals surface area contributed by atoms with Crippen molar-refractivity contribution in [2.75, 3.05) is 11.1 Å². The van der Waals surface area contributed by atoms with Gasteiger partial charge in [-0.2, -0.15) is 4.98 Å². The zero-order chi connectivity index (χ0) is 22.7. The smallest absolute Gasteiger partial charge is 0.306 e. The number of carbonyl (C=O) groups is 1. The number of carboxylic acids is 1. The number of nitrogen functional groups attached to an aromatic ring is 1. The molecule has 1 saturated carbocycles. The summed E-state index contributed by atoms with van der Waals surface area (Å²) in [5, 5.41) is 15.1. The summed E-state index contributed by atoms with van der Waals surface area (Å²) in [5.41, 5.74) is 9.06. The Kier molecular flexibility index (Phi) is 5.93. The number of nitrogens with two attached hydrogens (primary N) is 1. The molecule has 10 heteroatoms. The van der Waals surface area contributed by atoms with Gasteiger partial charge in [-0.1, -0.05) is 30.3 Å². The summed E-state index contributed by atoms with van der Waals surface area (Å²) >= 11 is 0. The highest BCUT2D eigenvalue weighted by Crippen LogP contribution is 2.28. The molecule has 3 aromatic heterocycles. The Bertz CT molecular complexity index is 1260. The second-order valence-electron chi connectivity index (χ2n) is 7.30. The van der Waals surface area contributed by atoms with Crippen LogP contribution in [0.2, 0.25) is 0 Å². The molecule has 164 valence electrons. The number of fused-ring (bicyclic) bond motifs is 1. The predicted octanol–water partition coefficient (Wildman–Crippen LogP) is 3.74. The highest BCUT2D eigenvalue weighted by Gasteiger charge is 2.28. The first kappa shape index (κ1) is 21.2. The van der Waals surface area contributed by atoms with E-state index in [4.69, 9.17) is 10.8 Å². The lowest BCUT2D eigenvalue weighted by atomic mass is 10.1. The van der Waals surface area contributed by atoms with Gasteiger partial charge in [-0.25, -0.2) is 18.3 Å². The summed E-state index contributed by atoms with van der Waals surface area (Å²) in [6.45, 7) is 0.357. The molecule has 32 heavy (non-hydrogen) atoms. The molecule has 0 unspecified atom stereocenters. The molecule has 1 aromatic carbocycles. The molecule has 5 rings (SSSR count). The first-order valence-electron chi connectivity index (χ1n) is 9.89. The Morgan fingerprint density at radius 2 is 1.94 bits per heavy atom. The van der Waals surface area contributed by atoms with Crippen molar-refractivity contribution in [1.82, 2.24) is 19.6 Å². The number of carboxylic acid groups (broad SMARTS) is 1. The lowest BCUT2D eigenvalue weighted by Crippen LogP contribution is -2.04. The number of benzene rings is 1. The van der Waals surface area contributed by atoms with Crippen LogP contribution in [-0.4, -0.2) is 30.7 Å². The van der Waals surface area contributed by atoms with Gasteiger partial charge < -0.3 is 16.2 Å². The van der Waals surface area contributed by atoms with E-state index in [0.29, 0.717) is 12.2 Å². The van der Waals surface area contributed by atoms with Gasteiger partial charge >= 0.3 is 5.97 Å². The average molecular weight is 438 g/mol. The molecular formula is C22H20F2N6O2. The van der Waals surface area contributed by atoms with E-state index < -0.39 is 17.6 Å². The quantitative estimate of drug-likeness (QED) is 0.434. The number of rotatable bonds is 5. The summed E-state index contributed by atoms with van der Waals surface area (Å²) in [6.07, 6.45) is 2.77. The normalized spacial score (nSPS) is 12.8. The van der Waals surface area contributed by atoms with Gasteiger partial charge in [0.15, 0.2) is 17.3 Å². The number of aromatic nitrogens is 4. The molecule has 0 bridgehead atoms. The number of nitrogens with zero attached hydrogens (tertiary/aromatic N) is 4. The minimum Gasteiger partial charge on any atom is -0.481 e. The van der Waals surface area contributed by atoms with Crippen LogP contribution >= 0.6 is 0 Å². The number of pyridine rings is 2. The molecule has 3 heterocycles. The van der Waals surface area contributed by atoms with Crippen LogP contribution < -0.4 is 11.1 Å². The third-order valence-electron chi connectivity index (χ3n) is 4.82. The van der Waals surface area contributed by atoms with Crippen molar-refractivity contribution >= 4 is 23.4 Å². The van der Waals surface area contributed by atoms with Crippen LogP contribution in [-0.2, 0) is 11.3 Å². The molecule has 0 spiro atoms. The van der Waals surface area contributed by atoms with Gasteiger partial charge in [0.05, 0.1) is 17.8 Å². The van der Waals surface area contributed by atoms with E-state index in [-0.39, 0.29) is 17.7 Å². The van der Waals surface area contributed by atoms with Crippen molar-refractivity contribution in [2.24, 2.45) is 5.92 Å². The Morgan fingerprint density at radius 1 is 1.19 bits per heavy atom. The van der Waals surface area contributed by atoms with E-state index in [9.17, 15) is 13.6 Å². The van der Waals surface area contributed by atoms with E-state index in [2.05, 4.69) is 20.4 Å². The number of hydrogen-bond donors (Lipinski definition) is 3. The lowest BCUT2D eigenvalue weighted by molar-refractivity contribution is -0.138. The van der Waals surface area contributed by atoms with Crippen LogP contribution in [0.25, 0.3) is 16.9 Å². The molecule has 0 amide bonds. The number of hydrogen-bond acceptors (Lipinski definition) is 6. The second kappa shape index (κ2) is 8.96. The number of nitrogens with one attached hydrogen (secondary N) is 1. The molecule has 0 aliphatic heterocycles. The largest absolute Gasteiger partial charge is 0.481 e. The molecule has 4 N–H and O–H groups in total.